The highest BCUT2D eigenvalue weighted by Gasteiger charge is 2.39. The fourth-order valence-corrected chi connectivity index (χ4v) is 6.26. The number of rotatable bonds is 31. The number of hydrogen-bond donors (Lipinski definition) is 4. The second-order valence-corrected chi connectivity index (χ2v) is 14.9. The molecule has 0 aromatic carbocycles. The van der Waals surface area contributed by atoms with Crippen molar-refractivity contribution in [2.24, 2.45) is 11.8 Å². The Balaban J connectivity index is 2.35. The molecule has 4 N–H and O–H groups in total. The Morgan fingerprint density at radius 2 is 1.45 bits per heavy atom. The second kappa shape index (κ2) is 30.6. The third-order valence-corrected chi connectivity index (χ3v) is 9.38. The number of unbranched alkanes of at least 4 members (excludes halogenated alkanes) is 8. The van der Waals surface area contributed by atoms with Gasteiger partial charge in [0.25, 0.3) is 0 Å². The number of hydrogen-bond acceptors (Lipinski definition) is 9. The van der Waals surface area contributed by atoms with E-state index in [1.165, 1.54) is 0 Å². The van der Waals surface area contributed by atoms with Gasteiger partial charge in [-0.15, -0.1) is 0 Å². The first-order valence-corrected chi connectivity index (χ1v) is 21.2. The van der Waals surface area contributed by atoms with Gasteiger partial charge < -0.3 is 29.5 Å². The lowest BCUT2D eigenvalue weighted by molar-refractivity contribution is -0.161. The van der Waals surface area contributed by atoms with Crippen molar-refractivity contribution in [3.05, 3.63) is 60.8 Å². The molecule has 1 aliphatic rings. The van der Waals surface area contributed by atoms with Crippen LogP contribution in [0.1, 0.15) is 136 Å². The summed E-state index contributed by atoms with van der Waals surface area (Å²) >= 11 is 0. The van der Waals surface area contributed by atoms with Crippen molar-refractivity contribution in [1.29, 1.82) is 0 Å². The first-order chi connectivity index (χ1) is 25.5. The zero-order chi connectivity index (χ0) is 39.2. The van der Waals surface area contributed by atoms with E-state index in [-0.39, 0.29) is 37.6 Å². The molecule has 1 aliphatic carbocycles. The van der Waals surface area contributed by atoms with Crippen molar-refractivity contribution in [1.82, 2.24) is 0 Å². The summed E-state index contributed by atoms with van der Waals surface area (Å²) < 4.78 is 26.3. The van der Waals surface area contributed by atoms with Crippen LogP contribution in [0.25, 0.3) is 0 Å². The fraction of sp³-hybridized carbons (Fsp3) is 0.683. The Bertz CT molecular complexity index is 1200. The summed E-state index contributed by atoms with van der Waals surface area (Å²) in [7, 11) is -4.83. The minimum atomic E-state index is -4.83. The molecule has 11 nitrogen and oxygen atoms in total. The number of aliphatic hydroxyl groups excluding tert-OH is 2. The minimum absolute atomic E-state index is 0.0142. The monoisotopic (exact) mass is 766 g/mol. The highest BCUT2D eigenvalue weighted by Crippen LogP contribution is 2.36. The summed E-state index contributed by atoms with van der Waals surface area (Å²) in [6.45, 7) is 3.21. The van der Waals surface area contributed by atoms with Crippen LogP contribution >= 0.6 is 7.82 Å². The first-order valence-electron chi connectivity index (χ1n) is 19.7. The topological polar surface area (TPSA) is 177 Å². The number of ether oxygens (including phenoxy) is 2. The molecule has 1 saturated carbocycles. The average Bonchev–Trinajstić information content (AvgIpc) is 3.38. The molecular formula is C41H67O11P. The lowest BCUT2D eigenvalue weighted by Gasteiger charge is -2.18. The molecule has 0 radical (unpaired) electrons. The van der Waals surface area contributed by atoms with E-state index in [0.717, 1.165) is 70.6 Å². The number of Topliss-reactive ketones (excluding diaryl/α,β-unsaturated/α-hetero) is 1. The molecule has 0 unspecified atom stereocenters. The number of ketones is 1. The second-order valence-electron chi connectivity index (χ2n) is 13.7. The summed E-state index contributed by atoms with van der Waals surface area (Å²) in [6, 6.07) is 0. The zero-order valence-electron chi connectivity index (χ0n) is 32.1. The molecular weight excluding hydrogens is 699 g/mol. The van der Waals surface area contributed by atoms with E-state index >= 15 is 0 Å². The molecule has 0 heterocycles. The zero-order valence-corrected chi connectivity index (χ0v) is 33.0. The molecule has 1 fully saturated rings. The molecule has 0 spiro atoms. The number of esters is 2. The van der Waals surface area contributed by atoms with E-state index in [0.29, 0.717) is 32.1 Å². The normalized spacial score (nSPS) is 19.4. The molecule has 0 aromatic heterocycles. The van der Waals surface area contributed by atoms with Crippen LogP contribution in [0.2, 0.25) is 0 Å². The van der Waals surface area contributed by atoms with Gasteiger partial charge in [0.1, 0.15) is 12.4 Å². The largest absolute Gasteiger partial charge is 0.469 e. The molecule has 0 saturated heterocycles. The summed E-state index contributed by atoms with van der Waals surface area (Å²) in [6.07, 6.45) is 31.7. The molecule has 1 rings (SSSR count). The molecule has 302 valence electrons. The van der Waals surface area contributed by atoms with Gasteiger partial charge in [0.2, 0.25) is 0 Å². The number of aliphatic hydroxyl groups is 2. The third-order valence-electron chi connectivity index (χ3n) is 8.90. The van der Waals surface area contributed by atoms with Crippen LogP contribution in [0.5, 0.6) is 0 Å². The fourth-order valence-electron chi connectivity index (χ4n) is 5.90. The number of phosphoric acid groups is 1. The van der Waals surface area contributed by atoms with Crippen molar-refractivity contribution in [3.8, 4) is 0 Å². The van der Waals surface area contributed by atoms with E-state index in [1.807, 2.05) is 12.2 Å². The maximum absolute atomic E-state index is 12.5. The highest BCUT2D eigenvalue weighted by molar-refractivity contribution is 7.46. The third kappa shape index (κ3) is 26.7. The maximum Gasteiger partial charge on any atom is 0.469 e. The van der Waals surface area contributed by atoms with Gasteiger partial charge in [0.05, 0.1) is 18.8 Å². The number of carbonyl (C=O) groups is 3. The van der Waals surface area contributed by atoms with Gasteiger partial charge >= 0.3 is 19.8 Å². The molecule has 0 bridgehead atoms. The van der Waals surface area contributed by atoms with Crippen LogP contribution in [0.3, 0.4) is 0 Å². The average molecular weight is 767 g/mol. The van der Waals surface area contributed by atoms with E-state index in [1.54, 1.807) is 12.2 Å². The van der Waals surface area contributed by atoms with Crippen molar-refractivity contribution in [3.63, 3.8) is 0 Å². The van der Waals surface area contributed by atoms with Gasteiger partial charge in [-0.2, -0.15) is 0 Å². The summed E-state index contributed by atoms with van der Waals surface area (Å²) in [5, 5.41) is 20.6. The van der Waals surface area contributed by atoms with Crippen LogP contribution < -0.4 is 0 Å². The lowest BCUT2D eigenvalue weighted by Crippen LogP contribution is -2.29. The molecule has 0 aromatic rings. The SMILES string of the molecule is CC/C=C\C/C=C\C/C=C\CCCCCCCC(=O)OC[C@H](COP(=O)(O)O)OC(=O)CCC/C=C\C[C@H]1[C@@H](O)CC(=O)[C@@H]1/C=C/[C@@H](O)CCCCC. The highest BCUT2D eigenvalue weighted by atomic mass is 31.2. The molecule has 5 atom stereocenters. The molecule has 12 heteroatoms. The van der Waals surface area contributed by atoms with Crippen LogP contribution in [-0.2, 0) is 32.9 Å². The first kappa shape index (κ1) is 48.4. The standard InChI is InChI=1S/C41H67O11P/c1-3-5-7-8-9-10-11-12-13-14-15-16-17-18-23-27-40(45)50-32-35(33-51-53(47,48)49)52-41(46)28-24-20-19-22-26-36-37(39(44)31-38(36)43)30-29-34(42)25-21-6-4-2/h5,7,9-10,12-13,19,22,29-30,34-38,42-43H,3-4,6,8,11,14-18,20-21,23-28,31-33H2,1-2H3,(H2,47,48,49)/b7-5-,10-9-,13-12-,22-19-,30-29+/t34-,35+,36+,37+,38-/m0/s1. The van der Waals surface area contributed by atoms with E-state index < -0.39 is 50.6 Å². The summed E-state index contributed by atoms with van der Waals surface area (Å²) in [4.78, 5) is 55.4. The van der Waals surface area contributed by atoms with E-state index in [2.05, 4.69) is 54.8 Å². The lowest BCUT2D eigenvalue weighted by atomic mass is 9.90. The van der Waals surface area contributed by atoms with E-state index in [9.17, 15) is 29.2 Å². The van der Waals surface area contributed by atoms with Crippen LogP contribution in [0, 0.1) is 11.8 Å². The van der Waals surface area contributed by atoms with Crippen molar-refractivity contribution in [2.75, 3.05) is 13.2 Å². The Hall–Kier alpha value is -2.66. The van der Waals surface area contributed by atoms with Gasteiger partial charge in [-0.05, 0) is 64.2 Å². The Morgan fingerprint density at radius 1 is 0.811 bits per heavy atom. The van der Waals surface area contributed by atoms with Gasteiger partial charge in [-0.25, -0.2) is 4.57 Å². The molecule has 0 aliphatic heterocycles. The minimum Gasteiger partial charge on any atom is -0.462 e. The Kier molecular flexibility index (Phi) is 28.0. The van der Waals surface area contributed by atoms with Gasteiger partial charge in [-0.1, -0.05) is 113 Å². The van der Waals surface area contributed by atoms with Crippen molar-refractivity contribution >= 4 is 25.5 Å². The van der Waals surface area contributed by atoms with Gasteiger partial charge in [0.15, 0.2) is 6.10 Å². The van der Waals surface area contributed by atoms with Crippen molar-refractivity contribution < 1.29 is 52.9 Å². The maximum atomic E-state index is 12.5. The summed E-state index contributed by atoms with van der Waals surface area (Å²) in [5.41, 5.74) is 0. The van der Waals surface area contributed by atoms with Gasteiger partial charge in [0, 0.05) is 31.1 Å². The predicted molar refractivity (Wildman–Crippen MR) is 208 cm³/mol. The Morgan fingerprint density at radius 3 is 2.17 bits per heavy atom. The number of allylic oxidation sites excluding steroid dienone is 9. The van der Waals surface area contributed by atoms with Crippen LogP contribution in [-0.4, -0.2) is 69.2 Å². The van der Waals surface area contributed by atoms with E-state index in [4.69, 9.17) is 19.3 Å². The van der Waals surface area contributed by atoms with Crippen molar-refractivity contribution in [2.45, 2.75) is 154 Å². The van der Waals surface area contributed by atoms with Crippen LogP contribution in [0.15, 0.2) is 60.8 Å². The Labute approximate surface area is 317 Å². The van der Waals surface area contributed by atoms with Crippen LogP contribution in [0.4, 0.5) is 0 Å². The number of phosphoric ester groups is 1. The van der Waals surface area contributed by atoms with Gasteiger partial charge in [-0.3, -0.25) is 18.9 Å². The summed E-state index contributed by atoms with van der Waals surface area (Å²) in [5.74, 6) is -1.89. The smallest absolute Gasteiger partial charge is 0.462 e. The molecule has 0 amide bonds. The molecule has 53 heavy (non-hydrogen) atoms. The quantitative estimate of drug-likeness (QED) is 0.0231. The number of carbonyl (C=O) groups excluding carboxylic acids is 3. The predicted octanol–water partition coefficient (Wildman–Crippen LogP) is 8.32.